The number of hydrogen-bond acceptors (Lipinski definition) is 4. The summed E-state index contributed by atoms with van der Waals surface area (Å²) in [6.07, 6.45) is 1.37. The Hall–Kier alpha value is -1.63. The topological polar surface area (TPSA) is 75.9 Å². The van der Waals surface area contributed by atoms with Crippen LogP contribution in [0.3, 0.4) is 0 Å². The van der Waals surface area contributed by atoms with Crippen molar-refractivity contribution in [1.29, 1.82) is 0 Å². The second-order valence-electron chi connectivity index (χ2n) is 8.17. The third kappa shape index (κ3) is 4.34. The fourth-order valence-electron chi connectivity index (χ4n) is 4.09. The Bertz CT molecular complexity index is 667. The Morgan fingerprint density at radius 2 is 1.57 bits per heavy atom. The van der Waals surface area contributed by atoms with Gasteiger partial charge in [-0.3, -0.25) is 9.59 Å². The van der Waals surface area contributed by atoms with Crippen molar-refractivity contribution in [2.75, 3.05) is 45.9 Å². The lowest BCUT2D eigenvalue weighted by atomic mass is 9.78. The average Bonchev–Trinajstić information content (AvgIpc) is 2.74. The van der Waals surface area contributed by atoms with E-state index in [0.717, 1.165) is 5.56 Å². The summed E-state index contributed by atoms with van der Waals surface area (Å²) >= 11 is 0. The van der Waals surface area contributed by atoms with E-state index in [1.54, 1.807) is 0 Å². The number of nitrogens with two attached hydrogens (primary N) is 1. The van der Waals surface area contributed by atoms with Gasteiger partial charge in [0.05, 0.1) is 10.8 Å². The third-order valence-corrected chi connectivity index (χ3v) is 6.18. The van der Waals surface area contributed by atoms with Crippen LogP contribution in [0.2, 0.25) is 0 Å². The molecule has 0 radical (unpaired) electrons. The SMILES string of the molecule is CC(C)(C(=O)N1CCN(C(=O)C2(CN)CCOCC2)CC1)c1ccccc1.Cl. The molecule has 28 heavy (non-hydrogen) atoms. The van der Waals surface area contributed by atoms with E-state index >= 15 is 0 Å². The molecule has 2 N–H and O–H groups in total. The quantitative estimate of drug-likeness (QED) is 0.822. The summed E-state index contributed by atoms with van der Waals surface area (Å²) in [6, 6.07) is 9.86. The number of hydrogen-bond donors (Lipinski definition) is 1. The lowest BCUT2D eigenvalue weighted by Gasteiger charge is -2.43. The minimum Gasteiger partial charge on any atom is -0.381 e. The van der Waals surface area contributed by atoms with Crippen molar-refractivity contribution >= 4 is 24.2 Å². The summed E-state index contributed by atoms with van der Waals surface area (Å²) in [5.74, 6) is 0.239. The zero-order chi connectivity index (χ0) is 19.5. The van der Waals surface area contributed by atoms with Crippen LogP contribution in [-0.4, -0.2) is 67.6 Å². The maximum Gasteiger partial charge on any atom is 0.232 e. The predicted molar refractivity (Wildman–Crippen MR) is 111 cm³/mol. The van der Waals surface area contributed by atoms with Crippen molar-refractivity contribution in [2.24, 2.45) is 11.1 Å². The van der Waals surface area contributed by atoms with Crippen LogP contribution in [0.15, 0.2) is 30.3 Å². The molecule has 2 aliphatic heterocycles. The number of nitrogens with zero attached hydrogens (tertiary/aromatic N) is 2. The summed E-state index contributed by atoms with van der Waals surface area (Å²) < 4.78 is 5.41. The summed E-state index contributed by atoms with van der Waals surface area (Å²) in [7, 11) is 0. The monoisotopic (exact) mass is 409 g/mol. The van der Waals surface area contributed by atoms with Gasteiger partial charge in [-0.1, -0.05) is 30.3 Å². The Morgan fingerprint density at radius 3 is 2.11 bits per heavy atom. The summed E-state index contributed by atoms with van der Waals surface area (Å²) in [5, 5.41) is 0. The molecule has 2 aliphatic rings. The first-order chi connectivity index (χ1) is 12.9. The Balaban J connectivity index is 0.00000280. The van der Waals surface area contributed by atoms with Crippen molar-refractivity contribution < 1.29 is 14.3 Å². The summed E-state index contributed by atoms with van der Waals surface area (Å²) in [4.78, 5) is 30.0. The van der Waals surface area contributed by atoms with Crippen LogP contribution in [0.5, 0.6) is 0 Å². The largest absolute Gasteiger partial charge is 0.381 e. The predicted octanol–water partition coefficient (Wildman–Crippen LogP) is 1.81. The third-order valence-electron chi connectivity index (χ3n) is 6.18. The van der Waals surface area contributed by atoms with E-state index in [2.05, 4.69) is 0 Å². The molecule has 2 fully saturated rings. The molecule has 0 saturated carbocycles. The standard InChI is InChI=1S/C21H31N3O3.ClH/c1-20(2,17-6-4-3-5-7-17)18(25)23-10-12-24(13-11-23)19(26)21(16-22)8-14-27-15-9-21;/h3-7H,8-16,22H2,1-2H3;1H. The molecule has 0 unspecified atom stereocenters. The van der Waals surface area contributed by atoms with Gasteiger partial charge in [0.25, 0.3) is 0 Å². The molecule has 2 amide bonds. The van der Waals surface area contributed by atoms with E-state index in [0.29, 0.717) is 58.8 Å². The number of benzene rings is 1. The van der Waals surface area contributed by atoms with Crippen LogP contribution in [-0.2, 0) is 19.7 Å². The number of ether oxygens (including phenoxy) is 1. The van der Waals surface area contributed by atoms with Crippen LogP contribution in [0.1, 0.15) is 32.3 Å². The smallest absolute Gasteiger partial charge is 0.232 e. The van der Waals surface area contributed by atoms with Crippen molar-refractivity contribution in [2.45, 2.75) is 32.1 Å². The van der Waals surface area contributed by atoms with Crippen LogP contribution in [0.25, 0.3) is 0 Å². The van der Waals surface area contributed by atoms with Gasteiger partial charge in [-0.2, -0.15) is 0 Å². The Morgan fingerprint density at radius 1 is 1.04 bits per heavy atom. The molecule has 7 heteroatoms. The molecule has 1 aromatic carbocycles. The summed E-state index contributed by atoms with van der Waals surface area (Å²) in [6.45, 7) is 7.74. The zero-order valence-electron chi connectivity index (χ0n) is 16.9. The van der Waals surface area contributed by atoms with Crippen LogP contribution in [0, 0.1) is 5.41 Å². The Kier molecular flexibility index (Phi) is 7.48. The normalized spacial score (nSPS) is 19.7. The molecule has 2 saturated heterocycles. The molecule has 3 rings (SSSR count). The van der Waals surface area contributed by atoms with Gasteiger partial charge in [0.2, 0.25) is 11.8 Å². The van der Waals surface area contributed by atoms with Gasteiger partial charge in [-0.15, -0.1) is 12.4 Å². The molecule has 0 atom stereocenters. The highest BCUT2D eigenvalue weighted by molar-refractivity contribution is 5.88. The van der Waals surface area contributed by atoms with E-state index < -0.39 is 10.8 Å². The fraction of sp³-hybridized carbons (Fsp3) is 0.619. The van der Waals surface area contributed by atoms with Gasteiger partial charge in [-0.25, -0.2) is 0 Å². The van der Waals surface area contributed by atoms with Crippen LogP contribution >= 0.6 is 12.4 Å². The van der Waals surface area contributed by atoms with Crippen molar-refractivity contribution in [3.8, 4) is 0 Å². The second kappa shape index (κ2) is 9.25. The highest BCUT2D eigenvalue weighted by Gasteiger charge is 2.43. The minimum atomic E-state index is -0.577. The van der Waals surface area contributed by atoms with Gasteiger partial charge in [-0.05, 0) is 32.3 Å². The molecule has 0 bridgehead atoms. The van der Waals surface area contributed by atoms with Gasteiger partial charge >= 0.3 is 0 Å². The van der Waals surface area contributed by atoms with E-state index in [4.69, 9.17) is 10.5 Å². The lowest BCUT2D eigenvalue weighted by Crippen LogP contribution is -2.58. The molecule has 0 aromatic heterocycles. The number of halogens is 1. The van der Waals surface area contributed by atoms with Crippen molar-refractivity contribution in [3.63, 3.8) is 0 Å². The minimum absolute atomic E-state index is 0. The van der Waals surface area contributed by atoms with Gasteiger partial charge in [0.15, 0.2) is 0 Å². The molecular formula is C21H32ClN3O3. The van der Waals surface area contributed by atoms with Gasteiger partial charge in [0.1, 0.15) is 0 Å². The van der Waals surface area contributed by atoms with Crippen LogP contribution < -0.4 is 5.73 Å². The molecule has 0 spiro atoms. The number of carbonyl (C=O) groups excluding carboxylic acids is 2. The summed E-state index contributed by atoms with van der Waals surface area (Å²) in [5.41, 5.74) is 5.92. The van der Waals surface area contributed by atoms with Crippen molar-refractivity contribution in [1.82, 2.24) is 9.80 Å². The average molecular weight is 410 g/mol. The van der Waals surface area contributed by atoms with E-state index in [1.165, 1.54) is 0 Å². The first-order valence-corrected chi connectivity index (χ1v) is 9.83. The highest BCUT2D eigenvalue weighted by Crippen LogP contribution is 2.32. The molecular weight excluding hydrogens is 378 g/mol. The van der Waals surface area contributed by atoms with E-state index in [9.17, 15) is 9.59 Å². The molecule has 2 heterocycles. The van der Waals surface area contributed by atoms with E-state index in [1.807, 2.05) is 54.0 Å². The van der Waals surface area contributed by atoms with Crippen LogP contribution in [0.4, 0.5) is 0 Å². The zero-order valence-corrected chi connectivity index (χ0v) is 17.7. The second-order valence-corrected chi connectivity index (χ2v) is 8.17. The fourth-order valence-corrected chi connectivity index (χ4v) is 4.09. The van der Waals surface area contributed by atoms with Gasteiger partial charge < -0.3 is 20.3 Å². The molecule has 156 valence electrons. The number of amides is 2. The van der Waals surface area contributed by atoms with Gasteiger partial charge in [0, 0.05) is 45.9 Å². The Labute approximate surface area is 173 Å². The van der Waals surface area contributed by atoms with E-state index in [-0.39, 0.29) is 24.2 Å². The number of piperazine rings is 1. The maximum absolute atomic E-state index is 13.1. The molecule has 1 aromatic rings. The number of rotatable bonds is 4. The molecule has 6 nitrogen and oxygen atoms in total. The first kappa shape index (κ1) is 22.7. The lowest BCUT2D eigenvalue weighted by molar-refractivity contribution is -0.152. The highest BCUT2D eigenvalue weighted by atomic mass is 35.5. The van der Waals surface area contributed by atoms with Crippen molar-refractivity contribution in [3.05, 3.63) is 35.9 Å². The number of carbonyl (C=O) groups is 2. The molecule has 0 aliphatic carbocycles. The maximum atomic E-state index is 13.1. The first-order valence-electron chi connectivity index (χ1n) is 9.83.